The normalized spacial score (nSPS) is 11.8. The highest BCUT2D eigenvalue weighted by atomic mass is 32.2. The third-order valence-corrected chi connectivity index (χ3v) is 4.06. The number of nitrogens with zero attached hydrogens (tertiary/aromatic N) is 1. The average molecular weight is 279 g/mol. The van der Waals surface area contributed by atoms with E-state index in [2.05, 4.69) is 0 Å². The lowest BCUT2D eigenvalue weighted by Crippen LogP contribution is -2.36. The summed E-state index contributed by atoms with van der Waals surface area (Å²) in [5.41, 5.74) is 4.68. The van der Waals surface area contributed by atoms with Crippen molar-refractivity contribution in [2.24, 2.45) is 0 Å². The van der Waals surface area contributed by atoms with Gasteiger partial charge in [0.1, 0.15) is 5.69 Å². The Balaban J connectivity index is 3.16. The first-order chi connectivity index (χ1) is 8.33. The predicted molar refractivity (Wildman–Crippen MR) is 66.2 cm³/mol. The number of hydrogen-bond donors (Lipinski definition) is 2. The molecule has 0 aliphatic heterocycles. The van der Waals surface area contributed by atoms with Crippen molar-refractivity contribution < 1.29 is 17.2 Å². The molecule has 1 aromatic rings. The second-order valence-corrected chi connectivity index (χ2v) is 5.19. The molecule has 102 valence electrons. The number of hydrogen-bond acceptors (Lipinski definition) is 3. The van der Waals surface area contributed by atoms with Gasteiger partial charge in [-0.25, -0.2) is 8.78 Å². The molecular formula is C10H15F2N3O2S. The second-order valence-electron chi connectivity index (χ2n) is 3.52. The topological polar surface area (TPSA) is 75.4 Å². The van der Waals surface area contributed by atoms with E-state index in [9.17, 15) is 17.2 Å². The molecule has 0 heterocycles. The standard InChI is InChI=1S/C10H15F2N3O2S/c1-3-15(4-2)18(16,17)14-10-8(13)6-5-7(11)9(10)12/h5-6,14H,3-4,13H2,1-2H3. The van der Waals surface area contributed by atoms with Gasteiger partial charge in [-0.1, -0.05) is 13.8 Å². The van der Waals surface area contributed by atoms with Crippen LogP contribution in [0.5, 0.6) is 0 Å². The molecule has 0 radical (unpaired) electrons. The van der Waals surface area contributed by atoms with Gasteiger partial charge in [0.25, 0.3) is 0 Å². The molecule has 0 unspecified atom stereocenters. The van der Waals surface area contributed by atoms with E-state index in [1.165, 1.54) is 0 Å². The number of nitrogen functional groups attached to an aromatic ring is 1. The number of anilines is 2. The maximum atomic E-state index is 13.5. The monoisotopic (exact) mass is 279 g/mol. The zero-order valence-electron chi connectivity index (χ0n) is 10.1. The Morgan fingerprint density at radius 2 is 1.83 bits per heavy atom. The van der Waals surface area contributed by atoms with Gasteiger partial charge in [0.15, 0.2) is 11.6 Å². The summed E-state index contributed by atoms with van der Waals surface area (Å²) in [6.07, 6.45) is 0. The quantitative estimate of drug-likeness (QED) is 0.803. The maximum absolute atomic E-state index is 13.5. The van der Waals surface area contributed by atoms with E-state index in [0.29, 0.717) is 0 Å². The first-order valence-electron chi connectivity index (χ1n) is 5.34. The van der Waals surface area contributed by atoms with Crippen molar-refractivity contribution in [3.63, 3.8) is 0 Å². The number of benzene rings is 1. The molecule has 0 aliphatic carbocycles. The summed E-state index contributed by atoms with van der Waals surface area (Å²) in [6.45, 7) is 3.69. The van der Waals surface area contributed by atoms with Crippen LogP contribution in [0.3, 0.4) is 0 Å². The molecule has 18 heavy (non-hydrogen) atoms. The minimum atomic E-state index is -3.94. The van der Waals surface area contributed by atoms with Crippen LogP contribution in [0.25, 0.3) is 0 Å². The van der Waals surface area contributed by atoms with Crippen molar-refractivity contribution >= 4 is 21.6 Å². The lowest BCUT2D eigenvalue weighted by Gasteiger charge is -2.20. The van der Waals surface area contributed by atoms with Crippen LogP contribution in [0.1, 0.15) is 13.8 Å². The van der Waals surface area contributed by atoms with Crippen molar-refractivity contribution in [3.05, 3.63) is 23.8 Å². The summed E-state index contributed by atoms with van der Waals surface area (Å²) < 4.78 is 53.2. The van der Waals surface area contributed by atoms with Crippen molar-refractivity contribution in [2.75, 3.05) is 23.5 Å². The maximum Gasteiger partial charge on any atom is 0.301 e. The van der Waals surface area contributed by atoms with E-state index in [4.69, 9.17) is 5.73 Å². The lowest BCUT2D eigenvalue weighted by molar-refractivity contribution is 0.449. The van der Waals surface area contributed by atoms with Crippen molar-refractivity contribution in [1.82, 2.24) is 4.31 Å². The largest absolute Gasteiger partial charge is 0.397 e. The van der Waals surface area contributed by atoms with Gasteiger partial charge in [0, 0.05) is 13.1 Å². The Kier molecular flexibility index (Phi) is 4.47. The van der Waals surface area contributed by atoms with Crippen LogP contribution >= 0.6 is 0 Å². The Bertz CT molecular complexity index is 530. The van der Waals surface area contributed by atoms with Gasteiger partial charge in [-0.2, -0.15) is 12.7 Å². The Morgan fingerprint density at radius 1 is 1.28 bits per heavy atom. The summed E-state index contributed by atoms with van der Waals surface area (Å²) in [5, 5.41) is 0. The Hall–Kier alpha value is -1.41. The summed E-state index contributed by atoms with van der Waals surface area (Å²) in [4.78, 5) is 0. The van der Waals surface area contributed by atoms with Crippen molar-refractivity contribution in [1.29, 1.82) is 0 Å². The molecule has 0 atom stereocenters. The Labute approximate surface area is 105 Å². The molecule has 3 N–H and O–H groups in total. The zero-order chi connectivity index (χ0) is 13.9. The minimum absolute atomic E-state index is 0.176. The molecule has 0 fully saturated rings. The Morgan fingerprint density at radius 3 is 2.33 bits per heavy atom. The first-order valence-corrected chi connectivity index (χ1v) is 6.78. The fourth-order valence-electron chi connectivity index (χ4n) is 1.43. The van der Waals surface area contributed by atoms with Crippen molar-refractivity contribution in [3.8, 4) is 0 Å². The molecule has 0 saturated carbocycles. The van der Waals surface area contributed by atoms with Crippen LogP contribution in [0.4, 0.5) is 20.2 Å². The third-order valence-electron chi connectivity index (χ3n) is 2.40. The molecule has 5 nitrogen and oxygen atoms in total. The third kappa shape index (κ3) is 2.88. The van der Waals surface area contributed by atoms with Gasteiger partial charge in [-0.05, 0) is 12.1 Å². The molecule has 0 amide bonds. The highest BCUT2D eigenvalue weighted by molar-refractivity contribution is 7.90. The first kappa shape index (κ1) is 14.7. The molecule has 0 saturated heterocycles. The summed E-state index contributed by atoms with van der Waals surface area (Å²) in [6, 6.07) is 1.93. The van der Waals surface area contributed by atoms with E-state index in [1.54, 1.807) is 13.8 Å². The van der Waals surface area contributed by atoms with Crippen LogP contribution in [0, 0.1) is 11.6 Å². The van der Waals surface area contributed by atoms with E-state index in [1.807, 2.05) is 4.72 Å². The zero-order valence-corrected chi connectivity index (χ0v) is 10.9. The van der Waals surface area contributed by atoms with Gasteiger partial charge in [-0.3, -0.25) is 4.72 Å². The molecule has 0 spiro atoms. The van der Waals surface area contributed by atoms with Crippen molar-refractivity contribution in [2.45, 2.75) is 13.8 Å². The fraction of sp³-hybridized carbons (Fsp3) is 0.400. The fourth-order valence-corrected chi connectivity index (χ4v) is 2.70. The van der Waals surface area contributed by atoms with E-state index >= 15 is 0 Å². The van der Waals surface area contributed by atoms with Gasteiger partial charge in [-0.15, -0.1) is 0 Å². The number of rotatable bonds is 5. The average Bonchev–Trinajstić information content (AvgIpc) is 2.31. The van der Waals surface area contributed by atoms with Gasteiger partial charge in [0.05, 0.1) is 5.69 Å². The molecule has 1 aromatic carbocycles. The van der Waals surface area contributed by atoms with Gasteiger partial charge in [0.2, 0.25) is 0 Å². The van der Waals surface area contributed by atoms with Crippen LogP contribution < -0.4 is 10.5 Å². The van der Waals surface area contributed by atoms with Gasteiger partial charge < -0.3 is 5.73 Å². The number of nitrogens with two attached hydrogens (primary N) is 1. The van der Waals surface area contributed by atoms with Crippen LogP contribution in [-0.2, 0) is 10.2 Å². The second kappa shape index (κ2) is 5.49. The SMILES string of the molecule is CCN(CC)S(=O)(=O)Nc1c(N)ccc(F)c1F. The van der Waals surface area contributed by atoms with Crippen LogP contribution in [0.15, 0.2) is 12.1 Å². The number of halogens is 2. The lowest BCUT2D eigenvalue weighted by atomic mass is 10.2. The molecule has 0 bridgehead atoms. The smallest absolute Gasteiger partial charge is 0.301 e. The summed E-state index contributed by atoms with van der Waals surface area (Å²) >= 11 is 0. The summed E-state index contributed by atoms with van der Waals surface area (Å²) in [7, 11) is -3.94. The number of nitrogens with one attached hydrogen (secondary N) is 1. The van der Waals surface area contributed by atoms with Crippen LogP contribution in [-0.4, -0.2) is 25.8 Å². The molecule has 1 rings (SSSR count). The van der Waals surface area contributed by atoms with E-state index < -0.39 is 27.5 Å². The van der Waals surface area contributed by atoms with E-state index in [0.717, 1.165) is 16.4 Å². The van der Waals surface area contributed by atoms with E-state index in [-0.39, 0.29) is 18.8 Å². The molecule has 8 heteroatoms. The highest BCUT2D eigenvalue weighted by Gasteiger charge is 2.22. The molecule has 0 aromatic heterocycles. The molecule has 0 aliphatic rings. The molecular weight excluding hydrogens is 264 g/mol. The minimum Gasteiger partial charge on any atom is -0.397 e. The van der Waals surface area contributed by atoms with Crippen LogP contribution in [0.2, 0.25) is 0 Å². The summed E-state index contributed by atoms with van der Waals surface area (Å²) in [5.74, 6) is -2.48. The van der Waals surface area contributed by atoms with Gasteiger partial charge >= 0.3 is 10.2 Å². The highest BCUT2D eigenvalue weighted by Crippen LogP contribution is 2.26. The predicted octanol–water partition coefficient (Wildman–Crippen LogP) is 1.55.